The number of nitrogens with one attached hydrogen (secondary N) is 1. The Morgan fingerprint density at radius 1 is 1.18 bits per heavy atom. The summed E-state index contributed by atoms with van der Waals surface area (Å²) in [6.07, 6.45) is 1.22. The molecule has 3 nitrogen and oxygen atoms in total. The number of benzene rings is 1. The quantitative estimate of drug-likeness (QED) is 0.857. The standard InChI is InChI=1S/C14H18N2O/c1-2-5-14-12(4-1)10-13(17-14)11-16-8-3-6-15-7-9-16/h1-2,4-5,10,15H,3,6-9,11H2. The van der Waals surface area contributed by atoms with E-state index in [1.807, 2.05) is 12.1 Å². The van der Waals surface area contributed by atoms with Gasteiger partial charge in [0.25, 0.3) is 0 Å². The van der Waals surface area contributed by atoms with Crippen molar-refractivity contribution < 1.29 is 4.42 Å². The normalized spacial score (nSPS) is 18.4. The minimum atomic E-state index is 0.927. The predicted octanol–water partition coefficient (Wildman–Crippen LogP) is 2.23. The number of para-hydroxylation sites is 1. The SMILES string of the molecule is c1ccc2oc(CN3CCCNCC3)cc2c1. The molecule has 0 saturated carbocycles. The van der Waals surface area contributed by atoms with Crippen LogP contribution in [0.3, 0.4) is 0 Å². The Morgan fingerprint density at radius 3 is 3.06 bits per heavy atom. The van der Waals surface area contributed by atoms with Gasteiger partial charge < -0.3 is 9.73 Å². The molecule has 3 rings (SSSR count). The van der Waals surface area contributed by atoms with E-state index in [2.05, 4.69) is 28.4 Å². The first-order chi connectivity index (χ1) is 8.42. The first-order valence-corrected chi connectivity index (χ1v) is 6.32. The third-order valence-electron chi connectivity index (χ3n) is 3.29. The van der Waals surface area contributed by atoms with Crippen molar-refractivity contribution in [2.24, 2.45) is 0 Å². The van der Waals surface area contributed by atoms with Crippen LogP contribution in [-0.2, 0) is 6.54 Å². The fourth-order valence-corrected chi connectivity index (χ4v) is 2.39. The number of hydrogen-bond acceptors (Lipinski definition) is 3. The Labute approximate surface area is 101 Å². The van der Waals surface area contributed by atoms with Gasteiger partial charge in [-0.1, -0.05) is 18.2 Å². The third-order valence-corrected chi connectivity index (χ3v) is 3.29. The molecule has 0 atom stereocenters. The molecule has 0 amide bonds. The van der Waals surface area contributed by atoms with Crippen LogP contribution in [0.1, 0.15) is 12.2 Å². The van der Waals surface area contributed by atoms with Gasteiger partial charge in [-0.25, -0.2) is 0 Å². The molecule has 3 heteroatoms. The molecule has 1 fully saturated rings. The average Bonchev–Trinajstić information content (AvgIpc) is 2.57. The highest BCUT2D eigenvalue weighted by Gasteiger charge is 2.11. The largest absolute Gasteiger partial charge is 0.460 e. The summed E-state index contributed by atoms with van der Waals surface area (Å²) in [5.74, 6) is 1.08. The zero-order chi connectivity index (χ0) is 11.5. The van der Waals surface area contributed by atoms with Crippen LogP contribution in [0.25, 0.3) is 11.0 Å². The van der Waals surface area contributed by atoms with E-state index in [1.165, 1.54) is 11.8 Å². The molecule has 1 saturated heterocycles. The van der Waals surface area contributed by atoms with Crippen molar-refractivity contribution in [2.45, 2.75) is 13.0 Å². The van der Waals surface area contributed by atoms with Crippen LogP contribution in [0.15, 0.2) is 34.7 Å². The molecule has 90 valence electrons. The molecule has 1 aliphatic heterocycles. The topological polar surface area (TPSA) is 28.4 Å². The van der Waals surface area contributed by atoms with E-state index in [0.717, 1.165) is 44.1 Å². The van der Waals surface area contributed by atoms with Crippen LogP contribution in [-0.4, -0.2) is 31.1 Å². The summed E-state index contributed by atoms with van der Waals surface area (Å²) in [5, 5.41) is 4.62. The zero-order valence-electron chi connectivity index (χ0n) is 9.98. The Kier molecular flexibility index (Phi) is 3.12. The molecule has 0 aliphatic carbocycles. The first kappa shape index (κ1) is 10.8. The van der Waals surface area contributed by atoms with E-state index in [-0.39, 0.29) is 0 Å². The van der Waals surface area contributed by atoms with Crippen molar-refractivity contribution >= 4 is 11.0 Å². The zero-order valence-corrected chi connectivity index (χ0v) is 9.98. The van der Waals surface area contributed by atoms with Crippen molar-refractivity contribution in [3.63, 3.8) is 0 Å². The van der Waals surface area contributed by atoms with Gasteiger partial charge in [0.15, 0.2) is 0 Å². The molecular formula is C14H18N2O. The number of hydrogen-bond donors (Lipinski definition) is 1. The molecule has 0 bridgehead atoms. The van der Waals surface area contributed by atoms with Gasteiger partial charge in [0.2, 0.25) is 0 Å². The minimum absolute atomic E-state index is 0.927. The maximum absolute atomic E-state index is 5.85. The number of fused-ring (bicyclic) bond motifs is 1. The second-order valence-corrected chi connectivity index (χ2v) is 4.63. The summed E-state index contributed by atoms with van der Waals surface area (Å²) in [6.45, 7) is 5.41. The lowest BCUT2D eigenvalue weighted by Gasteiger charge is -2.17. The molecule has 1 N–H and O–H groups in total. The highest BCUT2D eigenvalue weighted by atomic mass is 16.3. The number of rotatable bonds is 2. The van der Waals surface area contributed by atoms with Crippen LogP contribution in [0.2, 0.25) is 0 Å². The van der Waals surface area contributed by atoms with Gasteiger partial charge in [-0.2, -0.15) is 0 Å². The highest BCUT2D eigenvalue weighted by molar-refractivity contribution is 5.77. The smallest absolute Gasteiger partial charge is 0.134 e. The lowest BCUT2D eigenvalue weighted by molar-refractivity contribution is 0.262. The molecule has 1 aromatic carbocycles. The maximum Gasteiger partial charge on any atom is 0.134 e. The Morgan fingerprint density at radius 2 is 2.12 bits per heavy atom. The van der Waals surface area contributed by atoms with Crippen LogP contribution >= 0.6 is 0 Å². The average molecular weight is 230 g/mol. The molecular weight excluding hydrogens is 212 g/mol. The Balaban J connectivity index is 1.75. The number of furan rings is 1. The second-order valence-electron chi connectivity index (χ2n) is 4.63. The van der Waals surface area contributed by atoms with E-state index in [1.54, 1.807) is 0 Å². The Bertz CT molecular complexity index is 451. The predicted molar refractivity (Wildman–Crippen MR) is 69.0 cm³/mol. The highest BCUT2D eigenvalue weighted by Crippen LogP contribution is 2.20. The second kappa shape index (κ2) is 4.90. The molecule has 1 aromatic heterocycles. The van der Waals surface area contributed by atoms with Crippen LogP contribution in [0, 0.1) is 0 Å². The van der Waals surface area contributed by atoms with Gasteiger partial charge in [-0.3, -0.25) is 4.90 Å². The molecule has 1 aliphatic rings. The van der Waals surface area contributed by atoms with Crippen molar-refractivity contribution in [1.29, 1.82) is 0 Å². The van der Waals surface area contributed by atoms with Crippen LogP contribution < -0.4 is 5.32 Å². The maximum atomic E-state index is 5.85. The summed E-state index contributed by atoms with van der Waals surface area (Å²) in [5.41, 5.74) is 0.996. The van der Waals surface area contributed by atoms with E-state index < -0.39 is 0 Å². The molecule has 0 spiro atoms. The summed E-state index contributed by atoms with van der Waals surface area (Å²) in [4.78, 5) is 2.46. The fraction of sp³-hybridized carbons (Fsp3) is 0.429. The molecule has 2 heterocycles. The fourth-order valence-electron chi connectivity index (χ4n) is 2.39. The van der Waals surface area contributed by atoms with Gasteiger partial charge >= 0.3 is 0 Å². The van der Waals surface area contributed by atoms with E-state index >= 15 is 0 Å². The van der Waals surface area contributed by atoms with Crippen LogP contribution in [0.5, 0.6) is 0 Å². The van der Waals surface area contributed by atoms with Gasteiger partial charge in [0, 0.05) is 18.5 Å². The van der Waals surface area contributed by atoms with Gasteiger partial charge in [-0.05, 0) is 31.6 Å². The Hall–Kier alpha value is -1.32. The van der Waals surface area contributed by atoms with Crippen molar-refractivity contribution in [3.8, 4) is 0 Å². The molecule has 2 aromatic rings. The first-order valence-electron chi connectivity index (χ1n) is 6.32. The lowest BCUT2D eigenvalue weighted by atomic mass is 10.2. The number of nitrogens with zero attached hydrogens (tertiary/aromatic N) is 1. The van der Waals surface area contributed by atoms with Gasteiger partial charge in [-0.15, -0.1) is 0 Å². The van der Waals surface area contributed by atoms with Gasteiger partial charge in [0.05, 0.1) is 6.54 Å². The summed E-state index contributed by atoms with van der Waals surface area (Å²) in [6, 6.07) is 10.4. The molecule has 0 unspecified atom stereocenters. The third kappa shape index (κ3) is 2.51. The molecule has 17 heavy (non-hydrogen) atoms. The molecule has 0 radical (unpaired) electrons. The summed E-state index contributed by atoms with van der Waals surface area (Å²) >= 11 is 0. The van der Waals surface area contributed by atoms with Crippen molar-refractivity contribution in [1.82, 2.24) is 10.2 Å². The van der Waals surface area contributed by atoms with E-state index in [9.17, 15) is 0 Å². The monoisotopic (exact) mass is 230 g/mol. The van der Waals surface area contributed by atoms with Crippen molar-refractivity contribution in [2.75, 3.05) is 26.2 Å². The van der Waals surface area contributed by atoms with Crippen molar-refractivity contribution in [3.05, 3.63) is 36.1 Å². The van der Waals surface area contributed by atoms with E-state index in [4.69, 9.17) is 4.42 Å². The van der Waals surface area contributed by atoms with E-state index in [0.29, 0.717) is 0 Å². The summed E-state index contributed by atoms with van der Waals surface area (Å²) in [7, 11) is 0. The summed E-state index contributed by atoms with van der Waals surface area (Å²) < 4.78 is 5.85. The lowest BCUT2D eigenvalue weighted by Crippen LogP contribution is -2.27. The van der Waals surface area contributed by atoms with Crippen LogP contribution in [0.4, 0.5) is 0 Å². The van der Waals surface area contributed by atoms with Gasteiger partial charge in [0.1, 0.15) is 11.3 Å². The minimum Gasteiger partial charge on any atom is -0.460 e.